The summed E-state index contributed by atoms with van der Waals surface area (Å²) in [6, 6.07) is 10.8. The fraction of sp³-hybridized carbons (Fsp3) is 0.412. The molecule has 8 nitrogen and oxygen atoms in total. The van der Waals surface area contributed by atoms with Crippen LogP contribution in [0.1, 0.15) is 18.5 Å². The molecule has 0 radical (unpaired) electrons. The van der Waals surface area contributed by atoms with E-state index in [1.54, 1.807) is 10.7 Å². The molecule has 1 fully saturated rings. The number of hydrogen-bond acceptors (Lipinski definition) is 4. The zero-order chi connectivity index (χ0) is 18.6. The number of aryl methyl sites for hydroxylation is 1. The van der Waals surface area contributed by atoms with Crippen molar-refractivity contribution in [3.05, 3.63) is 42.1 Å². The van der Waals surface area contributed by atoms with Crippen LogP contribution in [0.15, 0.2) is 36.4 Å². The molecule has 0 atom stereocenters. The van der Waals surface area contributed by atoms with Crippen molar-refractivity contribution < 1.29 is 13.2 Å². The Morgan fingerprint density at radius 1 is 1.19 bits per heavy atom. The molecule has 1 aliphatic rings. The quantitative estimate of drug-likeness (QED) is 0.801. The molecule has 0 bridgehead atoms. The van der Waals surface area contributed by atoms with Crippen molar-refractivity contribution in [2.45, 2.75) is 19.8 Å². The van der Waals surface area contributed by atoms with Gasteiger partial charge in [-0.2, -0.15) is 5.10 Å². The number of anilines is 1. The number of hydrogen-bond donors (Lipinski definition) is 2. The van der Waals surface area contributed by atoms with Crippen LogP contribution in [0.2, 0.25) is 0 Å². The maximum atomic E-state index is 12.2. The van der Waals surface area contributed by atoms with E-state index in [9.17, 15) is 13.2 Å². The number of nitrogens with one attached hydrogen (secondary N) is 2. The number of carbonyl (C=O) groups excluding carboxylic acids is 1. The minimum absolute atomic E-state index is 0.0587. The van der Waals surface area contributed by atoms with E-state index in [1.807, 2.05) is 37.3 Å². The number of carbonyl (C=O) groups is 1. The average Bonchev–Trinajstić information content (AvgIpc) is 3.26. The SMILES string of the molecule is Cc1cc(NC(=O)NCCS(=O)(=O)N2CCCC2)n(-c2ccccc2)n1. The molecule has 0 saturated carbocycles. The molecular weight excluding hydrogens is 354 g/mol. The standard InChI is InChI=1S/C17H23N5O3S/c1-14-13-16(22(20-14)15-7-3-2-4-8-15)19-17(23)18-9-12-26(24,25)21-10-5-6-11-21/h2-4,7-8,13H,5-6,9-12H2,1H3,(H2,18,19,23). The minimum atomic E-state index is -3.30. The molecule has 0 aliphatic carbocycles. The van der Waals surface area contributed by atoms with Gasteiger partial charge in [0.15, 0.2) is 0 Å². The van der Waals surface area contributed by atoms with E-state index in [0.717, 1.165) is 24.2 Å². The van der Waals surface area contributed by atoms with Gasteiger partial charge in [0.2, 0.25) is 10.0 Å². The Balaban J connectivity index is 1.57. The van der Waals surface area contributed by atoms with Gasteiger partial charge in [0.05, 0.1) is 17.1 Å². The topological polar surface area (TPSA) is 96.3 Å². The molecule has 1 aliphatic heterocycles. The number of urea groups is 1. The van der Waals surface area contributed by atoms with Gasteiger partial charge in [0.1, 0.15) is 5.82 Å². The van der Waals surface area contributed by atoms with Gasteiger partial charge in [-0.1, -0.05) is 18.2 Å². The molecule has 1 aromatic heterocycles. The molecule has 1 saturated heterocycles. The first-order valence-corrected chi connectivity index (χ1v) is 10.2. The van der Waals surface area contributed by atoms with Crippen molar-refractivity contribution in [1.29, 1.82) is 0 Å². The summed E-state index contributed by atoms with van der Waals surface area (Å²) in [5, 5.41) is 9.71. The molecule has 26 heavy (non-hydrogen) atoms. The summed E-state index contributed by atoms with van der Waals surface area (Å²) < 4.78 is 27.4. The van der Waals surface area contributed by atoms with Gasteiger partial charge in [0.25, 0.3) is 0 Å². The first-order valence-electron chi connectivity index (χ1n) is 8.60. The molecule has 2 aromatic rings. The van der Waals surface area contributed by atoms with Crippen LogP contribution in [0.25, 0.3) is 5.69 Å². The summed E-state index contributed by atoms with van der Waals surface area (Å²) >= 11 is 0. The Hall–Kier alpha value is -2.39. The highest BCUT2D eigenvalue weighted by Crippen LogP contribution is 2.16. The number of rotatable bonds is 6. The highest BCUT2D eigenvalue weighted by Gasteiger charge is 2.24. The lowest BCUT2D eigenvalue weighted by Crippen LogP contribution is -2.37. The largest absolute Gasteiger partial charge is 0.337 e. The summed E-state index contributed by atoms with van der Waals surface area (Å²) in [6.45, 7) is 3.04. The summed E-state index contributed by atoms with van der Waals surface area (Å²) in [6.07, 6.45) is 1.80. The normalized spacial score (nSPS) is 15.1. The van der Waals surface area contributed by atoms with Crippen molar-refractivity contribution in [3.63, 3.8) is 0 Å². The summed E-state index contributed by atoms with van der Waals surface area (Å²) in [5.41, 5.74) is 1.59. The average molecular weight is 377 g/mol. The summed E-state index contributed by atoms with van der Waals surface area (Å²) in [7, 11) is -3.30. The van der Waals surface area contributed by atoms with Crippen molar-refractivity contribution in [2.24, 2.45) is 0 Å². The van der Waals surface area contributed by atoms with Gasteiger partial charge in [-0.3, -0.25) is 5.32 Å². The Kier molecular flexibility index (Phi) is 5.58. The molecule has 0 spiro atoms. The maximum absolute atomic E-state index is 12.2. The van der Waals surface area contributed by atoms with E-state index in [4.69, 9.17) is 0 Å². The second kappa shape index (κ2) is 7.88. The number of aromatic nitrogens is 2. The Bertz CT molecular complexity index is 858. The summed E-state index contributed by atoms with van der Waals surface area (Å²) in [4.78, 5) is 12.1. The molecule has 2 amide bonds. The van der Waals surface area contributed by atoms with Crippen LogP contribution in [-0.2, 0) is 10.0 Å². The highest BCUT2D eigenvalue weighted by molar-refractivity contribution is 7.89. The predicted molar refractivity (Wildman–Crippen MR) is 99.9 cm³/mol. The van der Waals surface area contributed by atoms with Crippen molar-refractivity contribution >= 4 is 21.9 Å². The lowest BCUT2D eigenvalue weighted by atomic mass is 10.3. The number of nitrogens with zero attached hydrogens (tertiary/aromatic N) is 3. The lowest BCUT2D eigenvalue weighted by molar-refractivity contribution is 0.252. The molecule has 2 heterocycles. The van der Waals surface area contributed by atoms with Crippen LogP contribution in [0, 0.1) is 6.92 Å². The van der Waals surface area contributed by atoms with Crippen LogP contribution in [0.3, 0.4) is 0 Å². The van der Waals surface area contributed by atoms with E-state index in [2.05, 4.69) is 15.7 Å². The van der Waals surface area contributed by atoms with E-state index < -0.39 is 16.1 Å². The van der Waals surface area contributed by atoms with E-state index in [-0.39, 0.29) is 12.3 Å². The Morgan fingerprint density at radius 3 is 2.58 bits per heavy atom. The predicted octanol–water partition coefficient (Wildman–Crippen LogP) is 1.73. The van der Waals surface area contributed by atoms with Crippen LogP contribution < -0.4 is 10.6 Å². The maximum Gasteiger partial charge on any atom is 0.320 e. The zero-order valence-electron chi connectivity index (χ0n) is 14.7. The third kappa shape index (κ3) is 4.41. The monoisotopic (exact) mass is 377 g/mol. The fourth-order valence-electron chi connectivity index (χ4n) is 2.90. The molecule has 3 rings (SSSR count). The van der Waals surface area contributed by atoms with Gasteiger partial charge >= 0.3 is 6.03 Å². The number of para-hydroxylation sites is 1. The third-order valence-corrected chi connectivity index (χ3v) is 6.05. The number of amides is 2. The van der Waals surface area contributed by atoms with Gasteiger partial charge < -0.3 is 5.32 Å². The van der Waals surface area contributed by atoms with Gasteiger partial charge in [-0.05, 0) is 31.9 Å². The minimum Gasteiger partial charge on any atom is -0.337 e. The van der Waals surface area contributed by atoms with Gasteiger partial charge in [0, 0.05) is 25.7 Å². The number of sulfonamides is 1. The molecular formula is C17H23N5O3S. The van der Waals surface area contributed by atoms with Crippen molar-refractivity contribution in [2.75, 3.05) is 30.7 Å². The van der Waals surface area contributed by atoms with Crippen LogP contribution in [-0.4, -0.2) is 53.9 Å². The van der Waals surface area contributed by atoms with Crippen LogP contribution >= 0.6 is 0 Å². The molecule has 0 unspecified atom stereocenters. The van der Waals surface area contributed by atoms with E-state index in [0.29, 0.717) is 18.9 Å². The van der Waals surface area contributed by atoms with Crippen LogP contribution in [0.5, 0.6) is 0 Å². The number of benzene rings is 1. The molecule has 140 valence electrons. The zero-order valence-corrected chi connectivity index (χ0v) is 15.5. The van der Waals surface area contributed by atoms with Gasteiger partial charge in [-0.15, -0.1) is 0 Å². The van der Waals surface area contributed by atoms with Crippen molar-refractivity contribution in [3.8, 4) is 5.69 Å². The van der Waals surface area contributed by atoms with Crippen LogP contribution in [0.4, 0.5) is 10.6 Å². The third-order valence-electron chi connectivity index (χ3n) is 4.18. The van der Waals surface area contributed by atoms with E-state index >= 15 is 0 Å². The lowest BCUT2D eigenvalue weighted by Gasteiger charge is -2.15. The fourth-order valence-corrected chi connectivity index (χ4v) is 4.34. The highest BCUT2D eigenvalue weighted by atomic mass is 32.2. The Labute approximate surface area is 153 Å². The molecule has 9 heteroatoms. The smallest absolute Gasteiger partial charge is 0.320 e. The molecule has 1 aromatic carbocycles. The first-order chi connectivity index (χ1) is 12.5. The molecule has 2 N–H and O–H groups in total. The van der Waals surface area contributed by atoms with E-state index in [1.165, 1.54) is 4.31 Å². The van der Waals surface area contributed by atoms with Crippen molar-refractivity contribution in [1.82, 2.24) is 19.4 Å². The summed E-state index contributed by atoms with van der Waals surface area (Å²) in [5.74, 6) is 0.422. The second-order valence-electron chi connectivity index (χ2n) is 6.22. The Morgan fingerprint density at radius 2 is 1.88 bits per heavy atom. The second-order valence-corrected chi connectivity index (χ2v) is 8.31. The first kappa shape index (κ1) is 18.4. The van der Waals surface area contributed by atoms with Gasteiger partial charge in [-0.25, -0.2) is 22.2 Å².